The minimum atomic E-state index is -2.64. The quantitative estimate of drug-likeness (QED) is 0.332. The molecule has 1 N–H and O–H groups in total. The lowest BCUT2D eigenvalue weighted by atomic mass is 9.91. The fraction of sp³-hybridized carbons (Fsp3) is 0.417. The van der Waals surface area contributed by atoms with Crippen LogP contribution in [0.2, 0.25) is 0 Å². The van der Waals surface area contributed by atoms with Gasteiger partial charge in [-0.15, -0.1) is 0 Å². The highest BCUT2D eigenvalue weighted by Gasteiger charge is 2.34. The number of aromatic nitrogens is 2. The highest BCUT2D eigenvalue weighted by molar-refractivity contribution is 7.44. The van der Waals surface area contributed by atoms with E-state index in [9.17, 15) is 22.4 Å². The molecule has 1 aliphatic carbocycles. The van der Waals surface area contributed by atoms with Crippen molar-refractivity contribution >= 4 is 35.5 Å². The van der Waals surface area contributed by atoms with Gasteiger partial charge in [0.25, 0.3) is 25.3 Å². The second-order valence-electron chi connectivity index (χ2n) is 8.70. The van der Waals surface area contributed by atoms with E-state index in [0.717, 1.165) is 12.8 Å². The van der Waals surface area contributed by atoms with Crippen LogP contribution in [0.1, 0.15) is 48.2 Å². The number of carbonyl (C=O) groups is 1. The average Bonchev–Trinajstić information content (AvgIpc) is 3.29. The summed E-state index contributed by atoms with van der Waals surface area (Å²) in [7, 11) is 1.57. The van der Waals surface area contributed by atoms with Crippen molar-refractivity contribution in [3.8, 4) is 0 Å². The Balaban J connectivity index is 1.34. The molecule has 0 saturated heterocycles. The fourth-order valence-corrected chi connectivity index (χ4v) is 4.70. The number of hydrogen-bond donors (Lipinski definition) is 1. The SMILES string of the molecule is CN(CC(F)F)c1ccc(C(=O)[N+](=S)[C@H]2CC[C@@H](Nc3cccc4nc(C(F)F)cn34)CC2)cc1. The third-order valence-corrected chi connectivity index (χ3v) is 6.75. The molecule has 11 heteroatoms. The van der Waals surface area contributed by atoms with E-state index in [1.54, 1.807) is 47.8 Å². The van der Waals surface area contributed by atoms with Gasteiger partial charge in [0.1, 0.15) is 17.2 Å². The van der Waals surface area contributed by atoms with Crippen LogP contribution < -0.4 is 10.2 Å². The van der Waals surface area contributed by atoms with Crippen LogP contribution in [0.3, 0.4) is 0 Å². The maximum absolute atomic E-state index is 13.0. The first-order valence-electron chi connectivity index (χ1n) is 11.4. The number of pyridine rings is 1. The van der Waals surface area contributed by atoms with Crippen molar-refractivity contribution in [1.82, 2.24) is 9.38 Å². The summed E-state index contributed by atoms with van der Waals surface area (Å²) in [5.74, 6) is 0.399. The summed E-state index contributed by atoms with van der Waals surface area (Å²) in [5.41, 5.74) is 1.19. The summed E-state index contributed by atoms with van der Waals surface area (Å²) in [4.78, 5) is 18.3. The van der Waals surface area contributed by atoms with Crippen LogP contribution in [0, 0.1) is 0 Å². The van der Waals surface area contributed by atoms with E-state index in [2.05, 4.69) is 10.3 Å². The number of fused-ring (bicyclic) bond motifs is 1. The third-order valence-electron chi connectivity index (χ3n) is 6.28. The minimum Gasteiger partial charge on any atom is -0.369 e. The Kier molecular flexibility index (Phi) is 7.63. The largest absolute Gasteiger partial charge is 0.433 e. The molecule has 4 rings (SSSR count). The van der Waals surface area contributed by atoms with Crippen molar-refractivity contribution in [3.63, 3.8) is 0 Å². The number of anilines is 2. The molecule has 0 aliphatic heterocycles. The van der Waals surface area contributed by atoms with Crippen LogP contribution in [0.25, 0.3) is 5.65 Å². The summed E-state index contributed by atoms with van der Waals surface area (Å²) >= 11 is 5.43. The lowest BCUT2D eigenvalue weighted by molar-refractivity contribution is -0.448. The van der Waals surface area contributed by atoms with E-state index in [1.807, 2.05) is 6.07 Å². The number of nitrogens with one attached hydrogen (secondary N) is 1. The van der Waals surface area contributed by atoms with E-state index in [4.69, 9.17) is 12.4 Å². The van der Waals surface area contributed by atoms with Crippen molar-refractivity contribution in [2.75, 3.05) is 23.8 Å². The van der Waals surface area contributed by atoms with Crippen LogP contribution >= 0.6 is 0 Å². The zero-order valence-corrected chi connectivity index (χ0v) is 19.9. The van der Waals surface area contributed by atoms with Crippen molar-refractivity contribution in [2.45, 2.75) is 50.6 Å². The molecule has 1 saturated carbocycles. The number of benzene rings is 1. The van der Waals surface area contributed by atoms with Gasteiger partial charge < -0.3 is 10.2 Å². The summed E-state index contributed by atoms with van der Waals surface area (Å²) in [6.07, 6.45) is -0.826. The fourth-order valence-electron chi connectivity index (χ4n) is 4.38. The van der Waals surface area contributed by atoms with Crippen molar-refractivity contribution in [3.05, 3.63) is 59.9 Å². The average molecular weight is 509 g/mol. The first-order valence-corrected chi connectivity index (χ1v) is 11.7. The third kappa shape index (κ3) is 5.77. The normalized spacial score (nSPS) is 18.3. The summed E-state index contributed by atoms with van der Waals surface area (Å²) in [6.45, 7) is -0.388. The molecule has 0 unspecified atom stereocenters. The zero-order chi connectivity index (χ0) is 25.1. The number of hydrogen-bond acceptors (Lipinski definition) is 5. The lowest BCUT2D eigenvalue weighted by Crippen LogP contribution is -2.37. The molecule has 0 bridgehead atoms. The molecule has 2 aromatic heterocycles. The first-order chi connectivity index (χ1) is 16.7. The number of imidazole rings is 1. The molecule has 1 aromatic carbocycles. The Morgan fingerprint density at radius 2 is 1.83 bits per heavy atom. The highest BCUT2D eigenvalue weighted by atomic mass is 32.1. The van der Waals surface area contributed by atoms with Crippen LogP contribution in [-0.2, 0) is 12.4 Å². The smallest absolute Gasteiger partial charge is 0.369 e. The van der Waals surface area contributed by atoms with Gasteiger partial charge in [-0.3, -0.25) is 4.40 Å². The molecular weight excluding hydrogens is 482 g/mol. The van der Waals surface area contributed by atoms with Crippen LogP contribution in [-0.4, -0.2) is 51.3 Å². The number of nitrogens with zero attached hydrogens (tertiary/aromatic N) is 4. The van der Waals surface area contributed by atoms with Gasteiger partial charge in [-0.05, 0) is 49.2 Å². The lowest BCUT2D eigenvalue weighted by Gasteiger charge is -2.26. The zero-order valence-electron chi connectivity index (χ0n) is 19.1. The van der Waals surface area contributed by atoms with Gasteiger partial charge in [-0.2, -0.15) is 0 Å². The first kappa shape index (κ1) is 25.0. The Morgan fingerprint density at radius 1 is 1.14 bits per heavy atom. The van der Waals surface area contributed by atoms with E-state index in [0.29, 0.717) is 35.6 Å². The van der Waals surface area contributed by atoms with E-state index < -0.39 is 12.9 Å². The Bertz CT molecular complexity index is 1190. The number of carbonyl (C=O) groups excluding carboxylic acids is 1. The molecule has 2 heterocycles. The second-order valence-corrected chi connectivity index (χ2v) is 9.10. The molecule has 1 aliphatic rings. The van der Waals surface area contributed by atoms with Gasteiger partial charge >= 0.3 is 5.91 Å². The second kappa shape index (κ2) is 10.7. The van der Waals surface area contributed by atoms with Crippen molar-refractivity contribution in [1.29, 1.82) is 0 Å². The summed E-state index contributed by atoms with van der Waals surface area (Å²) in [6, 6.07) is 11.7. The molecule has 1 amide bonds. The minimum absolute atomic E-state index is 0.105. The summed E-state index contributed by atoms with van der Waals surface area (Å²) < 4.78 is 54.2. The molecule has 0 spiro atoms. The highest BCUT2D eigenvalue weighted by Crippen LogP contribution is 2.27. The maximum Gasteiger partial charge on any atom is 0.433 e. The van der Waals surface area contributed by atoms with Gasteiger partial charge in [-0.25, -0.2) is 27.3 Å². The topological polar surface area (TPSA) is 52.7 Å². The van der Waals surface area contributed by atoms with Gasteiger partial charge in [0.15, 0.2) is 6.04 Å². The number of halogens is 4. The predicted octanol–water partition coefficient (Wildman–Crippen LogP) is 5.28. The van der Waals surface area contributed by atoms with Gasteiger partial charge in [0.05, 0.1) is 12.1 Å². The monoisotopic (exact) mass is 508 g/mol. The van der Waals surface area contributed by atoms with E-state index in [-0.39, 0.29) is 30.2 Å². The number of rotatable bonds is 8. The standard InChI is InChI=1S/C24H26F4N5OS/c1-31(14-20(25)26)17-9-5-15(6-10-17)24(34)33(35)18-11-7-16(8-12-18)29-21-3-2-4-22-30-19(23(27)28)13-32(21)22/h2-6,9-10,13,16,18,20,23,29H,7-8,11-12,14H2,1H3/q+1/t16-,18+. The number of alkyl halides is 4. The summed E-state index contributed by atoms with van der Waals surface area (Å²) in [5, 5.41) is 3.41. The molecule has 186 valence electrons. The maximum atomic E-state index is 13.0. The predicted molar refractivity (Wildman–Crippen MR) is 127 cm³/mol. The Hall–Kier alpha value is -3.08. The molecular formula is C24H26F4N5OS+. The van der Waals surface area contributed by atoms with Crippen LogP contribution in [0.15, 0.2) is 48.7 Å². The molecule has 3 aromatic rings. The molecule has 35 heavy (non-hydrogen) atoms. The molecule has 0 atom stereocenters. The van der Waals surface area contributed by atoms with Crippen molar-refractivity contribution < 1.29 is 26.3 Å². The molecule has 6 nitrogen and oxygen atoms in total. The molecule has 1 fully saturated rings. The van der Waals surface area contributed by atoms with Crippen LogP contribution in [0.4, 0.5) is 29.1 Å². The Morgan fingerprint density at radius 3 is 2.46 bits per heavy atom. The van der Waals surface area contributed by atoms with E-state index in [1.165, 1.54) is 15.0 Å². The van der Waals surface area contributed by atoms with Gasteiger partial charge in [0, 0.05) is 37.8 Å². The van der Waals surface area contributed by atoms with E-state index >= 15 is 0 Å². The molecule has 0 radical (unpaired) electrons. The van der Waals surface area contributed by atoms with Crippen LogP contribution in [0.5, 0.6) is 0 Å². The number of amides is 1. The van der Waals surface area contributed by atoms with Gasteiger partial charge in [-0.1, -0.05) is 10.0 Å². The Labute approximate surface area is 205 Å². The van der Waals surface area contributed by atoms with Crippen molar-refractivity contribution in [2.24, 2.45) is 0 Å². The van der Waals surface area contributed by atoms with Gasteiger partial charge in [0.2, 0.25) is 0 Å².